The summed E-state index contributed by atoms with van der Waals surface area (Å²) < 4.78 is 50.6. The zero-order valence-electron chi connectivity index (χ0n) is 13.9. The number of ether oxygens (including phenoxy) is 2. The predicted octanol–water partition coefficient (Wildman–Crippen LogP) is 3.77. The molecular formula is C17H15FN2O4S2. The van der Waals surface area contributed by atoms with Crippen LogP contribution in [0.25, 0.3) is 11.3 Å². The molecule has 0 fully saturated rings. The van der Waals surface area contributed by atoms with Crippen LogP contribution in [0.3, 0.4) is 0 Å². The van der Waals surface area contributed by atoms with E-state index >= 15 is 0 Å². The summed E-state index contributed by atoms with van der Waals surface area (Å²) in [5, 5.41) is 1.90. The molecule has 0 radical (unpaired) electrons. The number of methoxy groups -OCH3 is 2. The smallest absolute Gasteiger partial charge is 0.263 e. The molecule has 0 aliphatic rings. The summed E-state index contributed by atoms with van der Waals surface area (Å²) in [4.78, 5) is 4.26. The third-order valence-electron chi connectivity index (χ3n) is 3.53. The van der Waals surface area contributed by atoms with Gasteiger partial charge in [0.2, 0.25) is 0 Å². The normalized spacial score (nSPS) is 11.2. The second-order valence-corrected chi connectivity index (χ2v) is 7.70. The van der Waals surface area contributed by atoms with Crippen molar-refractivity contribution in [3.8, 4) is 22.8 Å². The van der Waals surface area contributed by atoms with Crippen molar-refractivity contribution in [3.05, 3.63) is 53.7 Å². The first-order valence-electron chi connectivity index (χ1n) is 7.39. The van der Waals surface area contributed by atoms with Gasteiger partial charge in [-0.2, -0.15) is 0 Å². The molecule has 1 heterocycles. The van der Waals surface area contributed by atoms with Crippen molar-refractivity contribution in [1.29, 1.82) is 0 Å². The first-order chi connectivity index (χ1) is 12.4. The Kier molecular flexibility index (Phi) is 5.10. The lowest BCUT2D eigenvalue weighted by molar-refractivity contribution is 0.404. The molecule has 0 atom stereocenters. The molecule has 0 aliphatic heterocycles. The van der Waals surface area contributed by atoms with Crippen LogP contribution in [0.4, 0.5) is 9.52 Å². The maximum Gasteiger partial charge on any atom is 0.263 e. The van der Waals surface area contributed by atoms with E-state index in [1.54, 1.807) is 30.7 Å². The number of nitrogens with zero attached hydrogens (tertiary/aromatic N) is 1. The van der Waals surface area contributed by atoms with Crippen LogP contribution < -0.4 is 14.2 Å². The number of benzene rings is 2. The van der Waals surface area contributed by atoms with Gasteiger partial charge in [-0.05, 0) is 42.5 Å². The average molecular weight is 394 g/mol. The number of nitrogens with one attached hydrogen (secondary N) is 1. The molecule has 0 saturated carbocycles. The zero-order valence-corrected chi connectivity index (χ0v) is 15.5. The molecule has 0 bridgehead atoms. The monoisotopic (exact) mass is 394 g/mol. The van der Waals surface area contributed by atoms with E-state index in [0.717, 1.165) is 23.5 Å². The number of hydrogen-bond donors (Lipinski definition) is 1. The van der Waals surface area contributed by atoms with E-state index in [1.165, 1.54) is 19.2 Å². The van der Waals surface area contributed by atoms with Gasteiger partial charge in [0.25, 0.3) is 10.0 Å². The molecule has 0 aliphatic carbocycles. The largest absolute Gasteiger partial charge is 0.497 e. The summed E-state index contributed by atoms with van der Waals surface area (Å²) >= 11 is 1.13. The fourth-order valence-electron chi connectivity index (χ4n) is 2.25. The van der Waals surface area contributed by atoms with Gasteiger partial charge in [0.1, 0.15) is 17.3 Å². The van der Waals surface area contributed by atoms with Crippen molar-refractivity contribution in [2.24, 2.45) is 0 Å². The van der Waals surface area contributed by atoms with Crippen molar-refractivity contribution >= 4 is 26.5 Å². The van der Waals surface area contributed by atoms with E-state index in [9.17, 15) is 12.8 Å². The van der Waals surface area contributed by atoms with Crippen molar-refractivity contribution in [1.82, 2.24) is 4.98 Å². The van der Waals surface area contributed by atoms with Gasteiger partial charge >= 0.3 is 0 Å². The van der Waals surface area contributed by atoms with Gasteiger partial charge in [-0.15, -0.1) is 11.3 Å². The van der Waals surface area contributed by atoms with Gasteiger partial charge in [-0.25, -0.2) is 17.8 Å². The van der Waals surface area contributed by atoms with E-state index < -0.39 is 15.8 Å². The van der Waals surface area contributed by atoms with Crippen LogP contribution in [-0.4, -0.2) is 27.6 Å². The molecule has 0 amide bonds. The molecule has 136 valence electrons. The maximum atomic E-state index is 13.0. The highest BCUT2D eigenvalue weighted by atomic mass is 32.2. The van der Waals surface area contributed by atoms with Crippen LogP contribution in [0.15, 0.2) is 52.7 Å². The molecule has 0 saturated heterocycles. The van der Waals surface area contributed by atoms with Crippen LogP contribution in [-0.2, 0) is 10.0 Å². The van der Waals surface area contributed by atoms with Crippen molar-refractivity contribution in [2.45, 2.75) is 4.90 Å². The Morgan fingerprint density at radius 2 is 1.81 bits per heavy atom. The topological polar surface area (TPSA) is 77.5 Å². The Morgan fingerprint density at radius 3 is 2.46 bits per heavy atom. The SMILES string of the molecule is COc1ccc(OC)c(-c2csc(NS(=O)(=O)c3ccc(F)cc3)n2)c1. The molecule has 3 aromatic rings. The summed E-state index contributed by atoms with van der Waals surface area (Å²) in [5.74, 6) is 0.705. The van der Waals surface area contributed by atoms with Crippen LogP contribution in [0, 0.1) is 5.82 Å². The molecule has 3 rings (SSSR count). The van der Waals surface area contributed by atoms with Crippen LogP contribution in [0.2, 0.25) is 0 Å². The van der Waals surface area contributed by atoms with Crippen LogP contribution >= 0.6 is 11.3 Å². The molecule has 26 heavy (non-hydrogen) atoms. The predicted molar refractivity (Wildman–Crippen MR) is 97.9 cm³/mol. The Labute approximate surface area is 154 Å². The van der Waals surface area contributed by atoms with Gasteiger partial charge in [0, 0.05) is 10.9 Å². The first-order valence-corrected chi connectivity index (χ1v) is 9.75. The van der Waals surface area contributed by atoms with Crippen LogP contribution in [0.1, 0.15) is 0 Å². The number of anilines is 1. The number of sulfonamides is 1. The number of rotatable bonds is 6. The molecule has 0 unspecified atom stereocenters. The molecular weight excluding hydrogens is 379 g/mol. The Balaban J connectivity index is 1.90. The van der Waals surface area contributed by atoms with Gasteiger partial charge in [0.05, 0.1) is 24.8 Å². The minimum absolute atomic E-state index is 0.0467. The fourth-order valence-corrected chi connectivity index (χ4v) is 4.21. The second-order valence-electron chi connectivity index (χ2n) is 5.16. The first kappa shape index (κ1) is 18.2. The quantitative estimate of drug-likeness (QED) is 0.689. The van der Waals surface area contributed by atoms with Crippen LogP contribution in [0.5, 0.6) is 11.5 Å². The third kappa shape index (κ3) is 3.78. The van der Waals surface area contributed by atoms with E-state index in [1.807, 2.05) is 0 Å². The maximum absolute atomic E-state index is 13.0. The van der Waals surface area contributed by atoms with Gasteiger partial charge < -0.3 is 9.47 Å². The summed E-state index contributed by atoms with van der Waals surface area (Å²) in [6, 6.07) is 9.81. The Morgan fingerprint density at radius 1 is 1.08 bits per heavy atom. The van der Waals surface area contributed by atoms with E-state index in [4.69, 9.17) is 9.47 Å². The van der Waals surface area contributed by atoms with E-state index in [-0.39, 0.29) is 10.0 Å². The van der Waals surface area contributed by atoms with E-state index in [2.05, 4.69) is 9.71 Å². The molecule has 0 spiro atoms. The number of hydrogen-bond acceptors (Lipinski definition) is 6. The lowest BCUT2D eigenvalue weighted by Gasteiger charge is -2.08. The van der Waals surface area contributed by atoms with Crippen molar-refractivity contribution < 1.29 is 22.3 Å². The second kappa shape index (κ2) is 7.30. The Bertz CT molecular complexity index is 1020. The molecule has 9 heteroatoms. The number of aromatic nitrogens is 1. The molecule has 2 aromatic carbocycles. The molecule has 1 aromatic heterocycles. The third-order valence-corrected chi connectivity index (χ3v) is 5.77. The average Bonchev–Trinajstić information content (AvgIpc) is 3.09. The lowest BCUT2D eigenvalue weighted by atomic mass is 10.1. The standard InChI is InChI=1S/C17H15FN2O4S2/c1-23-12-5-8-16(24-2)14(9-12)15-10-25-17(19-15)20-26(21,22)13-6-3-11(18)4-7-13/h3-10H,1-2H3,(H,19,20). The van der Waals surface area contributed by atoms with Gasteiger partial charge in [-0.1, -0.05) is 0 Å². The highest BCUT2D eigenvalue weighted by Crippen LogP contribution is 2.35. The highest BCUT2D eigenvalue weighted by Gasteiger charge is 2.18. The zero-order chi connectivity index (χ0) is 18.7. The number of thiazole rings is 1. The van der Waals surface area contributed by atoms with Gasteiger partial charge in [0.15, 0.2) is 5.13 Å². The molecule has 6 nitrogen and oxygen atoms in total. The number of halogens is 1. The minimum Gasteiger partial charge on any atom is -0.497 e. The van der Waals surface area contributed by atoms with Gasteiger partial charge in [-0.3, -0.25) is 4.72 Å². The highest BCUT2D eigenvalue weighted by molar-refractivity contribution is 7.93. The van der Waals surface area contributed by atoms with Crippen molar-refractivity contribution in [2.75, 3.05) is 18.9 Å². The Hall–Kier alpha value is -2.65. The lowest BCUT2D eigenvalue weighted by Crippen LogP contribution is -2.12. The van der Waals surface area contributed by atoms with E-state index in [0.29, 0.717) is 22.8 Å². The minimum atomic E-state index is -3.85. The summed E-state index contributed by atoms with van der Waals surface area (Å²) in [6.07, 6.45) is 0. The molecule has 1 N–H and O–H groups in total. The summed E-state index contributed by atoms with van der Waals surface area (Å²) in [5.41, 5.74) is 1.22. The van der Waals surface area contributed by atoms with Crippen molar-refractivity contribution in [3.63, 3.8) is 0 Å². The fraction of sp³-hybridized carbons (Fsp3) is 0.118. The summed E-state index contributed by atoms with van der Waals surface area (Å²) in [7, 11) is -0.764. The summed E-state index contributed by atoms with van der Waals surface area (Å²) in [6.45, 7) is 0.